The number of anilines is 1. The van der Waals surface area contributed by atoms with Gasteiger partial charge in [0, 0.05) is 10.6 Å². The summed E-state index contributed by atoms with van der Waals surface area (Å²) < 4.78 is 1.65. The Kier molecular flexibility index (Phi) is 2.37. The maximum absolute atomic E-state index is 5.63. The van der Waals surface area contributed by atoms with Gasteiger partial charge in [-0.3, -0.25) is 4.98 Å². The van der Waals surface area contributed by atoms with Gasteiger partial charge in [-0.2, -0.15) is 4.52 Å². The highest BCUT2D eigenvalue weighted by Crippen LogP contribution is 2.27. The quantitative estimate of drug-likeness (QED) is 0.683. The molecule has 0 aliphatic rings. The highest BCUT2D eigenvalue weighted by atomic mass is 32.2. The summed E-state index contributed by atoms with van der Waals surface area (Å²) in [5.41, 5.74) is 7.01. The zero-order valence-corrected chi connectivity index (χ0v) is 9.50. The molecule has 7 heteroatoms. The molecule has 17 heavy (non-hydrogen) atoms. The number of rotatable bonds is 2. The predicted octanol–water partition coefficient (Wildman–Crippen LogP) is 1.25. The Morgan fingerprint density at radius 3 is 2.76 bits per heavy atom. The fraction of sp³-hybridized carbons (Fsp3) is 0. The molecule has 0 saturated heterocycles. The van der Waals surface area contributed by atoms with E-state index in [4.69, 9.17) is 5.73 Å². The van der Waals surface area contributed by atoms with Crippen LogP contribution in [-0.4, -0.2) is 25.0 Å². The molecule has 0 fully saturated rings. The molecule has 0 atom stereocenters. The monoisotopic (exact) mass is 244 g/mol. The van der Waals surface area contributed by atoms with Gasteiger partial charge in [-0.15, -0.1) is 5.10 Å². The lowest BCUT2D eigenvalue weighted by Crippen LogP contribution is -1.93. The number of nitrogens with zero attached hydrogens (tertiary/aromatic N) is 5. The SMILES string of the molecule is Nc1ccc(Sc2cncc3nnnn23)cc1. The van der Waals surface area contributed by atoms with Crippen molar-refractivity contribution in [3.63, 3.8) is 0 Å². The summed E-state index contributed by atoms with van der Waals surface area (Å²) in [6, 6.07) is 7.61. The molecular formula is C10H8N6S. The minimum atomic E-state index is 0.630. The molecule has 0 amide bonds. The smallest absolute Gasteiger partial charge is 0.198 e. The summed E-state index contributed by atoms with van der Waals surface area (Å²) in [7, 11) is 0. The van der Waals surface area contributed by atoms with E-state index in [1.807, 2.05) is 24.3 Å². The summed E-state index contributed by atoms with van der Waals surface area (Å²) in [6.45, 7) is 0. The second-order valence-corrected chi connectivity index (χ2v) is 4.46. The van der Waals surface area contributed by atoms with Gasteiger partial charge in [-0.05, 0) is 34.7 Å². The lowest BCUT2D eigenvalue weighted by Gasteiger charge is -2.02. The summed E-state index contributed by atoms with van der Waals surface area (Å²) >= 11 is 1.53. The van der Waals surface area contributed by atoms with E-state index in [0.717, 1.165) is 15.6 Å². The molecule has 1 aromatic carbocycles. The molecule has 0 radical (unpaired) electrons. The molecule has 3 aromatic rings. The maximum atomic E-state index is 5.63. The first-order valence-corrected chi connectivity index (χ1v) is 5.70. The second-order valence-electron chi connectivity index (χ2n) is 3.37. The van der Waals surface area contributed by atoms with Gasteiger partial charge in [0.05, 0.1) is 12.4 Å². The predicted molar refractivity (Wildman–Crippen MR) is 63.6 cm³/mol. The Morgan fingerprint density at radius 2 is 1.94 bits per heavy atom. The highest BCUT2D eigenvalue weighted by molar-refractivity contribution is 7.99. The molecule has 2 heterocycles. The lowest BCUT2D eigenvalue weighted by molar-refractivity contribution is 0.765. The molecule has 2 N–H and O–H groups in total. The number of nitrogen functional groups attached to an aromatic ring is 1. The van der Waals surface area contributed by atoms with Crippen LogP contribution >= 0.6 is 11.8 Å². The van der Waals surface area contributed by atoms with E-state index in [1.54, 1.807) is 16.9 Å². The van der Waals surface area contributed by atoms with Crippen LogP contribution in [0.4, 0.5) is 5.69 Å². The Hall–Kier alpha value is -2.15. The minimum Gasteiger partial charge on any atom is -0.399 e. The topological polar surface area (TPSA) is 82.0 Å². The first-order chi connectivity index (χ1) is 8.33. The van der Waals surface area contributed by atoms with E-state index in [1.165, 1.54) is 11.8 Å². The molecule has 0 saturated carbocycles. The average molecular weight is 244 g/mol. The average Bonchev–Trinajstić information content (AvgIpc) is 2.81. The number of hydrogen-bond donors (Lipinski definition) is 1. The molecule has 0 unspecified atom stereocenters. The molecular weight excluding hydrogens is 236 g/mol. The van der Waals surface area contributed by atoms with Crippen molar-refractivity contribution in [2.75, 3.05) is 5.73 Å². The van der Waals surface area contributed by atoms with E-state index < -0.39 is 0 Å². The zero-order valence-electron chi connectivity index (χ0n) is 8.69. The van der Waals surface area contributed by atoms with Crippen LogP contribution < -0.4 is 5.73 Å². The molecule has 0 bridgehead atoms. The van der Waals surface area contributed by atoms with Crippen molar-refractivity contribution in [1.82, 2.24) is 25.0 Å². The van der Waals surface area contributed by atoms with E-state index in [-0.39, 0.29) is 0 Å². The standard InChI is InChI=1S/C10H8N6S/c11-7-1-3-8(4-2-7)17-10-6-12-5-9-13-14-15-16(9)10/h1-6H,11H2. The number of nitrogens with two attached hydrogens (primary N) is 1. The van der Waals surface area contributed by atoms with Crippen LogP contribution in [0.1, 0.15) is 0 Å². The van der Waals surface area contributed by atoms with Gasteiger partial charge in [0.25, 0.3) is 0 Å². The molecule has 6 nitrogen and oxygen atoms in total. The number of fused-ring (bicyclic) bond motifs is 1. The summed E-state index contributed by atoms with van der Waals surface area (Å²) in [4.78, 5) is 5.15. The van der Waals surface area contributed by atoms with Gasteiger partial charge in [-0.1, -0.05) is 11.8 Å². The summed E-state index contributed by atoms with van der Waals surface area (Å²) in [5, 5.41) is 12.2. The minimum absolute atomic E-state index is 0.630. The normalized spacial score (nSPS) is 10.8. The van der Waals surface area contributed by atoms with Crippen LogP contribution in [0.3, 0.4) is 0 Å². The van der Waals surface area contributed by atoms with Crippen LogP contribution in [0.5, 0.6) is 0 Å². The number of aromatic nitrogens is 5. The van der Waals surface area contributed by atoms with E-state index in [9.17, 15) is 0 Å². The fourth-order valence-electron chi connectivity index (χ4n) is 1.38. The van der Waals surface area contributed by atoms with Crippen molar-refractivity contribution < 1.29 is 0 Å². The van der Waals surface area contributed by atoms with Crippen molar-refractivity contribution in [1.29, 1.82) is 0 Å². The van der Waals surface area contributed by atoms with Crippen LogP contribution in [0, 0.1) is 0 Å². The van der Waals surface area contributed by atoms with E-state index >= 15 is 0 Å². The number of benzene rings is 1. The van der Waals surface area contributed by atoms with E-state index in [2.05, 4.69) is 20.5 Å². The largest absolute Gasteiger partial charge is 0.399 e. The van der Waals surface area contributed by atoms with E-state index in [0.29, 0.717) is 5.65 Å². The van der Waals surface area contributed by atoms with Gasteiger partial charge in [0.1, 0.15) is 5.03 Å². The van der Waals surface area contributed by atoms with Crippen LogP contribution in [0.2, 0.25) is 0 Å². The first kappa shape index (κ1) is 10.0. The van der Waals surface area contributed by atoms with Crippen molar-refractivity contribution >= 4 is 23.1 Å². The van der Waals surface area contributed by atoms with Gasteiger partial charge in [-0.25, -0.2) is 0 Å². The first-order valence-electron chi connectivity index (χ1n) is 4.88. The molecule has 0 aliphatic heterocycles. The molecule has 0 spiro atoms. The Bertz CT molecular complexity index is 647. The molecule has 2 aromatic heterocycles. The van der Waals surface area contributed by atoms with Crippen LogP contribution in [0.25, 0.3) is 5.65 Å². The van der Waals surface area contributed by atoms with Crippen molar-refractivity contribution in [3.8, 4) is 0 Å². The van der Waals surface area contributed by atoms with Gasteiger partial charge < -0.3 is 5.73 Å². The Balaban J connectivity index is 1.99. The third-order valence-corrected chi connectivity index (χ3v) is 3.18. The van der Waals surface area contributed by atoms with Gasteiger partial charge >= 0.3 is 0 Å². The summed E-state index contributed by atoms with van der Waals surface area (Å²) in [5.74, 6) is 0. The maximum Gasteiger partial charge on any atom is 0.198 e. The second kappa shape index (κ2) is 4.02. The lowest BCUT2D eigenvalue weighted by atomic mass is 10.3. The van der Waals surface area contributed by atoms with Crippen LogP contribution in [0.15, 0.2) is 46.6 Å². The summed E-state index contributed by atoms with van der Waals surface area (Å²) in [6.07, 6.45) is 3.34. The third kappa shape index (κ3) is 1.92. The highest BCUT2D eigenvalue weighted by Gasteiger charge is 2.05. The van der Waals surface area contributed by atoms with Crippen molar-refractivity contribution in [2.45, 2.75) is 9.92 Å². The van der Waals surface area contributed by atoms with Gasteiger partial charge in [0.15, 0.2) is 5.65 Å². The zero-order chi connectivity index (χ0) is 11.7. The number of hydrogen-bond acceptors (Lipinski definition) is 6. The Labute approximate surface area is 101 Å². The fourth-order valence-corrected chi connectivity index (χ4v) is 2.22. The molecule has 3 rings (SSSR count). The van der Waals surface area contributed by atoms with Crippen molar-refractivity contribution in [3.05, 3.63) is 36.7 Å². The third-order valence-electron chi connectivity index (χ3n) is 2.18. The van der Waals surface area contributed by atoms with Crippen LogP contribution in [-0.2, 0) is 0 Å². The number of tetrazole rings is 1. The van der Waals surface area contributed by atoms with Crippen molar-refractivity contribution in [2.24, 2.45) is 0 Å². The molecule has 0 aliphatic carbocycles. The molecule has 84 valence electrons. The Morgan fingerprint density at radius 1 is 1.12 bits per heavy atom. The van der Waals surface area contributed by atoms with Gasteiger partial charge in [0.2, 0.25) is 0 Å².